The largest absolute Gasteiger partial charge is 0.458 e. The number of rotatable bonds is 4. The van der Waals surface area contributed by atoms with E-state index in [1.807, 2.05) is 19.2 Å². The van der Waals surface area contributed by atoms with Crippen molar-refractivity contribution >= 4 is 54.2 Å². The van der Waals surface area contributed by atoms with Crippen LogP contribution in [0.1, 0.15) is 16.7 Å². The van der Waals surface area contributed by atoms with E-state index in [0.29, 0.717) is 0 Å². The molecular weight excluding hydrogens is 402 g/mol. The molecule has 1 atom stereocenters. The number of furan rings is 1. The fourth-order valence-electron chi connectivity index (χ4n) is 2.23. The topological polar surface area (TPSA) is 25.2 Å². The zero-order valence-electron chi connectivity index (χ0n) is 10.8. The Labute approximate surface area is 138 Å². The first-order valence-electron chi connectivity index (χ1n) is 6.27. The third kappa shape index (κ3) is 2.86. The molecule has 0 radical (unpaired) electrons. The zero-order chi connectivity index (χ0) is 14.1. The van der Waals surface area contributed by atoms with Crippen LogP contribution in [0.3, 0.4) is 0 Å². The van der Waals surface area contributed by atoms with E-state index < -0.39 is 0 Å². The first-order valence-corrected chi connectivity index (χ1v) is 8.67. The molecule has 1 N–H and O–H groups in total. The lowest BCUT2D eigenvalue weighted by atomic mass is 10.1. The molecule has 0 fully saturated rings. The molecule has 0 spiro atoms. The van der Waals surface area contributed by atoms with Crippen LogP contribution in [-0.2, 0) is 6.42 Å². The highest BCUT2D eigenvalue weighted by Gasteiger charge is 2.17. The van der Waals surface area contributed by atoms with Gasteiger partial charge in [0.25, 0.3) is 0 Å². The summed E-state index contributed by atoms with van der Waals surface area (Å²) in [5, 5.41) is 4.47. The Morgan fingerprint density at radius 3 is 2.75 bits per heavy atom. The summed E-state index contributed by atoms with van der Waals surface area (Å²) < 4.78 is 8.17. The maximum Gasteiger partial charge on any atom is 0.148 e. The predicted octanol–water partition coefficient (Wildman–Crippen LogP) is 5.52. The number of hydrogen-bond donors (Lipinski definition) is 1. The lowest BCUT2D eigenvalue weighted by Crippen LogP contribution is -2.17. The SMILES string of the molecule is CNC(Cc1ccc(Br)s1)c1cc2cccc(Br)c2o1. The summed E-state index contributed by atoms with van der Waals surface area (Å²) in [6, 6.07) is 12.6. The number of nitrogens with one attached hydrogen (secondary N) is 1. The van der Waals surface area contributed by atoms with Crippen LogP contribution in [0.4, 0.5) is 0 Å². The first-order chi connectivity index (χ1) is 9.67. The molecule has 5 heteroatoms. The minimum Gasteiger partial charge on any atom is -0.458 e. The van der Waals surface area contributed by atoms with E-state index in [2.05, 4.69) is 61.4 Å². The Balaban J connectivity index is 1.92. The number of hydrogen-bond acceptors (Lipinski definition) is 3. The summed E-state index contributed by atoms with van der Waals surface area (Å²) in [7, 11) is 1.97. The van der Waals surface area contributed by atoms with Gasteiger partial charge in [0.15, 0.2) is 0 Å². The predicted molar refractivity (Wildman–Crippen MR) is 91.4 cm³/mol. The van der Waals surface area contributed by atoms with Gasteiger partial charge < -0.3 is 9.73 Å². The summed E-state index contributed by atoms with van der Waals surface area (Å²) in [5.41, 5.74) is 0.912. The number of benzene rings is 1. The second kappa shape index (κ2) is 6.02. The van der Waals surface area contributed by atoms with E-state index in [1.54, 1.807) is 11.3 Å². The minimum absolute atomic E-state index is 0.180. The Kier molecular flexibility index (Phi) is 4.31. The van der Waals surface area contributed by atoms with Crippen LogP contribution in [-0.4, -0.2) is 7.05 Å². The molecule has 1 unspecified atom stereocenters. The average molecular weight is 415 g/mol. The summed E-state index contributed by atoms with van der Waals surface area (Å²) in [6.45, 7) is 0. The molecular formula is C15H13Br2NOS. The average Bonchev–Trinajstić information content (AvgIpc) is 3.03. The second-order valence-corrected chi connectivity index (χ2v) is 7.96. The molecule has 2 heterocycles. The van der Waals surface area contributed by atoms with E-state index in [9.17, 15) is 0 Å². The molecule has 2 nitrogen and oxygen atoms in total. The van der Waals surface area contributed by atoms with Gasteiger partial charge in [0, 0.05) is 16.7 Å². The molecule has 0 amide bonds. The number of likely N-dealkylation sites (N-methyl/N-ethyl adjacent to an activating group) is 1. The van der Waals surface area contributed by atoms with Gasteiger partial charge in [0.1, 0.15) is 11.3 Å². The molecule has 2 aromatic heterocycles. The highest BCUT2D eigenvalue weighted by Crippen LogP contribution is 2.32. The van der Waals surface area contributed by atoms with Crippen molar-refractivity contribution in [3.63, 3.8) is 0 Å². The van der Waals surface area contributed by atoms with Crippen LogP contribution < -0.4 is 5.32 Å². The molecule has 0 saturated carbocycles. The molecule has 0 aliphatic rings. The van der Waals surface area contributed by atoms with Crippen molar-refractivity contribution in [2.75, 3.05) is 7.05 Å². The Bertz CT molecular complexity index is 734. The number of halogens is 2. The van der Waals surface area contributed by atoms with Crippen LogP contribution in [0.2, 0.25) is 0 Å². The monoisotopic (exact) mass is 413 g/mol. The standard InChI is InChI=1S/C15H13Br2NOS/c1-18-12(8-10-5-6-14(17)20-10)13-7-9-3-2-4-11(16)15(9)19-13/h2-7,12,18H,8H2,1H3. The third-order valence-electron chi connectivity index (χ3n) is 3.24. The fraction of sp³-hybridized carbons (Fsp3) is 0.200. The molecule has 0 bridgehead atoms. The van der Waals surface area contributed by atoms with Crippen LogP contribution in [0, 0.1) is 0 Å². The summed E-state index contributed by atoms with van der Waals surface area (Å²) in [4.78, 5) is 1.33. The van der Waals surface area contributed by atoms with Gasteiger partial charge in [0.05, 0.1) is 14.3 Å². The van der Waals surface area contributed by atoms with E-state index in [1.165, 1.54) is 4.88 Å². The Hall–Kier alpha value is -0.620. The smallest absolute Gasteiger partial charge is 0.148 e. The van der Waals surface area contributed by atoms with Crippen molar-refractivity contribution in [1.82, 2.24) is 5.32 Å². The van der Waals surface area contributed by atoms with Gasteiger partial charge in [-0.3, -0.25) is 0 Å². The molecule has 0 aliphatic heterocycles. The second-order valence-electron chi connectivity index (χ2n) is 4.56. The van der Waals surface area contributed by atoms with Gasteiger partial charge >= 0.3 is 0 Å². The molecule has 0 aliphatic carbocycles. The highest BCUT2D eigenvalue weighted by molar-refractivity contribution is 9.11. The van der Waals surface area contributed by atoms with E-state index in [0.717, 1.165) is 31.4 Å². The van der Waals surface area contributed by atoms with Crippen LogP contribution >= 0.6 is 43.2 Å². The molecule has 104 valence electrons. The van der Waals surface area contributed by atoms with E-state index >= 15 is 0 Å². The van der Waals surface area contributed by atoms with E-state index in [4.69, 9.17) is 4.42 Å². The summed E-state index contributed by atoms with van der Waals surface area (Å²) >= 11 is 8.80. The van der Waals surface area contributed by atoms with Gasteiger partial charge in [-0.1, -0.05) is 12.1 Å². The molecule has 20 heavy (non-hydrogen) atoms. The summed E-state index contributed by atoms with van der Waals surface area (Å²) in [6.07, 6.45) is 0.921. The minimum atomic E-state index is 0.180. The van der Waals surface area contributed by atoms with Crippen molar-refractivity contribution in [2.45, 2.75) is 12.5 Å². The van der Waals surface area contributed by atoms with Crippen molar-refractivity contribution in [2.24, 2.45) is 0 Å². The fourth-order valence-corrected chi connectivity index (χ4v) is 4.22. The maximum absolute atomic E-state index is 6.01. The van der Waals surface area contributed by atoms with Gasteiger partial charge in [0.2, 0.25) is 0 Å². The number of fused-ring (bicyclic) bond motifs is 1. The van der Waals surface area contributed by atoms with Crippen molar-refractivity contribution in [3.05, 3.63) is 55.3 Å². The number of thiophene rings is 1. The molecule has 0 saturated heterocycles. The van der Waals surface area contributed by atoms with Gasteiger partial charge in [-0.05, 0) is 63.2 Å². The van der Waals surface area contributed by atoms with Crippen molar-refractivity contribution in [3.8, 4) is 0 Å². The quantitative estimate of drug-likeness (QED) is 0.607. The van der Waals surface area contributed by atoms with Gasteiger partial charge in [-0.25, -0.2) is 0 Å². The maximum atomic E-state index is 6.01. The van der Waals surface area contributed by atoms with Gasteiger partial charge in [-0.15, -0.1) is 11.3 Å². The molecule has 1 aromatic carbocycles. The summed E-state index contributed by atoms with van der Waals surface area (Å²) in [5.74, 6) is 0.971. The molecule has 3 aromatic rings. The van der Waals surface area contributed by atoms with Crippen LogP contribution in [0.15, 0.2) is 49.1 Å². The number of para-hydroxylation sites is 1. The Morgan fingerprint density at radius 2 is 2.10 bits per heavy atom. The lowest BCUT2D eigenvalue weighted by Gasteiger charge is -2.12. The lowest BCUT2D eigenvalue weighted by molar-refractivity contribution is 0.452. The van der Waals surface area contributed by atoms with Crippen LogP contribution in [0.25, 0.3) is 11.0 Å². The zero-order valence-corrected chi connectivity index (χ0v) is 14.8. The van der Waals surface area contributed by atoms with E-state index in [-0.39, 0.29) is 6.04 Å². The van der Waals surface area contributed by atoms with Crippen molar-refractivity contribution < 1.29 is 4.42 Å². The normalized spacial score (nSPS) is 12.9. The first kappa shape index (κ1) is 14.3. The van der Waals surface area contributed by atoms with Gasteiger partial charge in [-0.2, -0.15) is 0 Å². The van der Waals surface area contributed by atoms with Crippen molar-refractivity contribution in [1.29, 1.82) is 0 Å². The van der Waals surface area contributed by atoms with Crippen LogP contribution in [0.5, 0.6) is 0 Å². The highest BCUT2D eigenvalue weighted by atomic mass is 79.9. The molecule has 3 rings (SSSR count). The third-order valence-corrected chi connectivity index (χ3v) is 5.51. The Morgan fingerprint density at radius 1 is 1.25 bits per heavy atom.